The molecule has 0 aromatic heterocycles. The first kappa shape index (κ1) is 18.1. The van der Waals surface area contributed by atoms with Crippen LogP contribution in [0.15, 0.2) is 18.2 Å². The van der Waals surface area contributed by atoms with Crippen LogP contribution in [0, 0.1) is 12.7 Å². The molecule has 0 fully saturated rings. The Morgan fingerprint density at radius 1 is 1.33 bits per heavy atom. The number of aliphatic hydroxyl groups excluding tert-OH is 1. The summed E-state index contributed by atoms with van der Waals surface area (Å²) in [6, 6.07) is 4.39. The van der Waals surface area contributed by atoms with Gasteiger partial charge in [-0.1, -0.05) is 6.07 Å². The van der Waals surface area contributed by atoms with Gasteiger partial charge >= 0.3 is 0 Å². The zero-order valence-corrected chi connectivity index (χ0v) is 13.8. The standard InChI is InChI=1S/C15H24FNO3S/c1-11(2)17(7-8-21(4,19)20)10-15(18)14-6-5-13(16)9-12(14)3/h5-6,9,11,15,18H,7-8,10H2,1-4H3. The van der Waals surface area contributed by atoms with Crippen LogP contribution in [0.1, 0.15) is 31.1 Å². The minimum Gasteiger partial charge on any atom is -0.387 e. The zero-order valence-electron chi connectivity index (χ0n) is 13.0. The summed E-state index contributed by atoms with van der Waals surface area (Å²) in [5.41, 5.74) is 1.36. The Bertz CT molecular complexity index is 572. The number of benzene rings is 1. The molecule has 0 bridgehead atoms. The molecule has 120 valence electrons. The normalized spacial score (nSPS) is 13.9. The third-order valence-corrected chi connectivity index (χ3v) is 4.40. The molecule has 1 atom stereocenters. The van der Waals surface area contributed by atoms with Gasteiger partial charge in [-0.2, -0.15) is 0 Å². The Balaban J connectivity index is 2.78. The van der Waals surface area contributed by atoms with E-state index in [2.05, 4.69) is 0 Å². The maximum atomic E-state index is 13.1. The molecule has 0 saturated heterocycles. The molecule has 1 aromatic carbocycles. The predicted molar refractivity (Wildman–Crippen MR) is 82.5 cm³/mol. The fourth-order valence-electron chi connectivity index (χ4n) is 2.18. The summed E-state index contributed by atoms with van der Waals surface area (Å²) in [6.07, 6.45) is 0.430. The van der Waals surface area contributed by atoms with E-state index in [4.69, 9.17) is 0 Å². The van der Waals surface area contributed by atoms with Crippen molar-refractivity contribution in [3.05, 3.63) is 35.1 Å². The monoisotopic (exact) mass is 317 g/mol. The Kier molecular flexibility index (Phi) is 6.31. The molecule has 21 heavy (non-hydrogen) atoms. The highest BCUT2D eigenvalue weighted by Crippen LogP contribution is 2.20. The summed E-state index contributed by atoms with van der Waals surface area (Å²) in [5, 5.41) is 10.3. The fraction of sp³-hybridized carbons (Fsp3) is 0.600. The number of aliphatic hydroxyl groups is 1. The van der Waals surface area contributed by atoms with Gasteiger partial charge in [0.05, 0.1) is 11.9 Å². The first-order chi connectivity index (χ1) is 9.60. The summed E-state index contributed by atoms with van der Waals surface area (Å²) < 4.78 is 35.6. The van der Waals surface area contributed by atoms with Crippen LogP contribution in [-0.2, 0) is 9.84 Å². The van der Waals surface area contributed by atoms with Gasteiger partial charge in [0.15, 0.2) is 0 Å². The predicted octanol–water partition coefficient (Wildman–Crippen LogP) is 1.92. The lowest BCUT2D eigenvalue weighted by Gasteiger charge is -2.29. The molecule has 0 heterocycles. The fourth-order valence-corrected chi connectivity index (χ4v) is 2.74. The van der Waals surface area contributed by atoms with Crippen LogP contribution in [0.4, 0.5) is 4.39 Å². The van der Waals surface area contributed by atoms with Crippen molar-refractivity contribution < 1.29 is 17.9 Å². The Morgan fingerprint density at radius 3 is 2.43 bits per heavy atom. The smallest absolute Gasteiger partial charge is 0.148 e. The van der Waals surface area contributed by atoms with Crippen LogP contribution in [0.25, 0.3) is 0 Å². The molecule has 1 aromatic rings. The summed E-state index contributed by atoms with van der Waals surface area (Å²) in [6.45, 7) is 6.34. The van der Waals surface area contributed by atoms with Gasteiger partial charge in [0.1, 0.15) is 15.7 Å². The van der Waals surface area contributed by atoms with Gasteiger partial charge in [-0.05, 0) is 44.0 Å². The number of nitrogens with zero attached hydrogens (tertiary/aromatic N) is 1. The Morgan fingerprint density at radius 2 is 1.95 bits per heavy atom. The maximum absolute atomic E-state index is 13.1. The third kappa shape index (κ3) is 6.11. The molecule has 0 aliphatic carbocycles. The molecule has 0 amide bonds. The lowest BCUT2D eigenvalue weighted by Crippen LogP contribution is -2.38. The molecule has 6 heteroatoms. The average molecular weight is 317 g/mol. The van der Waals surface area contributed by atoms with Gasteiger partial charge in [0.25, 0.3) is 0 Å². The van der Waals surface area contributed by atoms with E-state index in [1.807, 2.05) is 18.7 Å². The van der Waals surface area contributed by atoms with Crippen LogP contribution in [0.3, 0.4) is 0 Å². The van der Waals surface area contributed by atoms with E-state index in [1.165, 1.54) is 18.4 Å². The second-order valence-corrected chi connectivity index (χ2v) is 8.00. The van der Waals surface area contributed by atoms with E-state index in [0.717, 1.165) is 0 Å². The minimum atomic E-state index is -3.04. The summed E-state index contributed by atoms with van der Waals surface area (Å²) in [5.74, 6) is -0.276. The lowest BCUT2D eigenvalue weighted by molar-refractivity contribution is 0.0991. The van der Waals surface area contributed by atoms with E-state index in [-0.39, 0.29) is 17.6 Å². The van der Waals surface area contributed by atoms with Crippen molar-refractivity contribution in [3.63, 3.8) is 0 Å². The van der Waals surface area contributed by atoms with Crippen molar-refractivity contribution in [1.29, 1.82) is 0 Å². The molecule has 0 aliphatic heterocycles. The summed E-state index contributed by atoms with van der Waals surface area (Å²) >= 11 is 0. The van der Waals surface area contributed by atoms with Gasteiger partial charge < -0.3 is 5.11 Å². The van der Waals surface area contributed by atoms with Crippen molar-refractivity contribution in [3.8, 4) is 0 Å². The number of halogens is 1. The molecule has 0 spiro atoms. The number of hydrogen-bond acceptors (Lipinski definition) is 4. The van der Waals surface area contributed by atoms with Crippen LogP contribution >= 0.6 is 0 Å². The second kappa shape index (κ2) is 7.33. The van der Waals surface area contributed by atoms with E-state index in [0.29, 0.717) is 24.2 Å². The topological polar surface area (TPSA) is 57.6 Å². The van der Waals surface area contributed by atoms with E-state index < -0.39 is 15.9 Å². The Labute approximate surface area is 126 Å². The Hall–Kier alpha value is -0.980. The van der Waals surface area contributed by atoms with Gasteiger partial charge in [-0.15, -0.1) is 0 Å². The summed E-state index contributed by atoms with van der Waals surface area (Å²) in [7, 11) is -3.04. The van der Waals surface area contributed by atoms with Gasteiger partial charge in [-0.3, -0.25) is 4.90 Å². The maximum Gasteiger partial charge on any atom is 0.148 e. The molecular weight excluding hydrogens is 293 g/mol. The largest absolute Gasteiger partial charge is 0.387 e. The molecule has 1 unspecified atom stereocenters. The van der Waals surface area contributed by atoms with E-state index >= 15 is 0 Å². The zero-order chi connectivity index (χ0) is 16.2. The lowest BCUT2D eigenvalue weighted by atomic mass is 10.0. The number of rotatable bonds is 7. The van der Waals surface area contributed by atoms with Gasteiger partial charge in [0, 0.05) is 25.4 Å². The van der Waals surface area contributed by atoms with Crippen LogP contribution in [-0.4, -0.2) is 49.6 Å². The highest BCUT2D eigenvalue weighted by atomic mass is 32.2. The van der Waals surface area contributed by atoms with Crippen LogP contribution in [0.2, 0.25) is 0 Å². The quantitative estimate of drug-likeness (QED) is 0.835. The van der Waals surface area contributed by atoms with Crippen molar-refractivity contribution >= 4 is 9.84 Å². The molecule has 4 nitrogen and oxygen atoms in total. The molecule has 0 aliphatic rings. The van der Waals surface area contributed by atoms with Gasteiger partial charge in [-0.25, -0.2) is 12.8 Å². The highest BCUT2D eigenvalue weighted by molar-refractivity contribution is 7.90. The average Bonchev–Trinajstić information content (AvgIpc) is 2.32. The third-order valence-electron chi connectivity index (χ3n) is 3.48. The number of aryl methyl sites for hydroxylation is 1. The van der Waals surface area contributed by atoms with Crippen molar-refractivity contribution in [2.24, 2.45) is 0 Å². The SMILES string of the molecule is Cc1cc(F)ccc1C(O)CN(CCS(C)(=O)=O)C(C)C. The molecule has 1 rings (SSSR count). The number of sulfone groups is 1. The molecule has 0 radical (unpaired) electrons. The molecule has 0 saturated carbocycles. The minimum absolute atomic E-state index is 0.0559. The van der Waals surface area contributed by atoms with Crippen molar-refractivity contribution in [2.45, 2.75) is 32.9 Å². The first-order valence-corrected chi connectivity index (χ1v) is 9.02. The number of hydrogen-bond donors (Lipinski definition) is 1. The van der Waals surface area contributed by atoms with Crippen molar-refractivity contribution in [2.75, 3.05) is 25.1 Å². The van der Waals surface area contributed by atoms with E-state index in [1.54, 1.807) is 13.0 Å². The van der Waals surface area contributed by atoms with Crippen LogP contribution < -0.4 is 0 Å². The molecule has 1 N–H and O–H groups in total. The first-order valence-electron chi connectivity index (χ1n) is 6.96. The highest BCUT2D eigenvalue weighted by Gasteiger charge is 2.19. The van der Waals surface area contributed by atoms with E-state index in [9.17, 15) is 17.9 Å². The van der Waals surface area contributed by atoms with Crippen molar-refractivity contribution in [1.82, 2.24) is 4.90 Å². The molecular formula is C15H24FNO3S. The second-order valence-electron chi connectivity index (χ2n) is 5.74. The van der Waals surface area contributed by atoms with Gasteiger partial charge in [0.2, 0.25) is 0 Å². The summed E-state index contributed by atoms with van der Waals surface area (Å²) in [4.78, 5) is 1.91. The van der Waals surface area contributed by atoms with Crippen LogP contribution in [0.5, 0.6) is 0 Å².